The van der Waals surface area contributed by atoms with Gasteiger partial charge in [0.2, 0.25) is 0 Å². The zero-order chi connectivity index (χ0) is 11.7. The van der Waals surface area contributed by atoms with Gasteiger partial charge < -0.3 is 14.8 Å². The molecule has 2 aromatic rings. The molecule has 2 unspecified atom stereocenters. The van der Waals surface area contributed by atoms with Crippen molar-refractivity contribution in [3.8, 4) is 0 Å². The second kappa shape index (κ2) is 4.37. The highest BCUT2D eigenvalue weighted by Gasteiger charge is 2.24. The van der Waals surface area contributed by atoms with E-state index in [1.165, 1.54) is 0 Å². The average Bonchev–Trinajstić information content (AvgIpc) is 2.74. The Bertz CT molecular complexity index is 476. The SMILES string of the molecule is OC1CCCCC1Nc1nc2ccccc2o1. The predicted octanol–water partition coefficient (Wildman–Crippen LogP) is 2.54. The normalized spacial score (nSPS) is 25.0. The molecule has 0 bridgehead atoms. The molecule has 17 heavy (non-hydrogen) atoms. The van der Waals surface area contributed by atoms with Gasteiger partial charge in [0, 0.05) is 0 Å². The van der Waals surface area contributed by atoms with Crippen LogP contribution in [0, 0.1) is 0 Å². The number of aromatic nitrogens is 1. The lowest BCUT2D eigenvalue weighted by Crippen LogP contribution is -2.36. The maximum Gasteiger partial charge on any atom is 0.295 e. The summed E-state index contributed by atoms with van der Waals surface area (Å²) in [4.78, 5) is 4.35. The highest BCUT2D eigenvalue weighted by molar-refractivity contribution is 5.74. The van der Waals surface area contributed by atoms with E-state index < -0.39 is 0 Å². The first-order valence-corrected chi connectivity index (χ1v) is 6.13. The first-order chi connectivity index (χ1) is 8.33. The Morgan fingerprint density at radius 1 is 1.24 bits per heavy atom. The molecule has 0 radical (unpaired) electrons. The van der Waals surface area contributed by atoms with Gasteiger partial charge in [-0.2, -0.15) is 4.98 Å². The van der Waals surface area contributed by atoms with Gasteiger partial charge in [-0.25, -0.2) is 0 Å². The van der Waals surface area contributed by atoms with E-state index in [9.17, 15) is 5.11 Å². The van der Waals surface area contributed by atoms with E-state index in [2.05, 4.69) is 10.3 Å². The van der Waals surface area contributed by atoms with Crippen molar-refractivity contribution in [1.29, 1.82) is 0 Å². The van der Waals surface area contributed by atoms with Gasteiger partial charge in [0.1, 0.15) is 5.52 Å². The van der Waals surface area contributed by atoms with Crippen LogP contribution in [0.15, 0.2) is 28.7 Å². The van der Waals surface area contributed by atoms with E-state index in [1.807, 2.05) is 24.3 Å². The molecule has 4 nitrogen and oxygen atoms in total. The van der Waals surface area contributed by atoms with Crippen molar-refractivity contribution in [1.82, 2.24) is 4.98 Å². The third-order valence-corrected chi connectivity index (χ3v) is 3.33. The summed E-state index contributed by atoms with van der Waals surface area (Å²) in [6, 6.07) is 8.25. The maximum absolute atomic E-state index is 9.87. The van der Waals surface area contributed by atoms with Crippen molar-refractivity contribution in [3.05, 3.63) is 24.3 Å². The Labute approximate surface area is 99.7 Å². The van der Waals surface area contributed by atoms with Crippen molar-refractivity contribution >= 4 is 17.1 Å². The number of fused-ring (bicyclic) bond motifs is 1. The van der Waals surface area contributed by atoms with Crippen LogP contribution in [0.4, 0.5) is 6.01 Å². The first kappa shape index (κ1) is 10.6. The van der Waals surface area contributed by atoms with E-state index in [0.717, 1.165) is 36.8 Å². The van der Waals surface area contributed by atoms with Gasteiger partial charge in [-0.3, -0.25) is 0 Å². The van der Waals surface area contributed by atoms with Gasteiger partial charge >= 0.3 is 0 Å². The molecule has 1 saturated carbocycles. The molecule has 1 aromatic carbocycles. The molecule has 2 atom stereocenters. The van der Waals surface area contributed by atoms with Gasteiger partial charge in [0.05, 0.1) is 12.1 Å². The highest BCUT2D eigenvalue weighted by Crippen LogP contribution is 2.24. The Morgan fingerprint density at radius 3 is 2.88 bits per heavy atom. The molecule has 3 rings (SSSR count). The fraction of sp³-hybridized carbons (Fsp3) is 0.462. The van der Waals surface area contributed by atoms with Crippen molar-refractivity contribution < 1.29 is 9.52 Å². The molecular weight excluding hydrogens is 216 g/mol. The minimum Gasteiger partial charge on any atom is -0.424 e. The Morgan fingerprint density at radius 2 is 2.06 bits per heavy atom. The zero-order valence-electron chi connectivity index (χ0n) is 9.60. The molecule has 0 aliphatic heterocycles. The molecule has 1 fully saturated rings. The summed E-state index contributed by atoms with van der Waals surface area (Å²) in [5.74, 6) is 0. The molecule has 0 saturated heterocycles. The molecule has 1 heterocycles. The predicted molar refractivity (Wildman–Crippen MR) is 65.9 cm³/mol. The van der Waals surface area contributed by atoms with Gasteiger partial charge in [0.15, 0.2) is 5.58 Å². The minimum atomic E-state index is -0.293. The Balaban J connectivity index is 1.79. The highest BCUT2D eigenvalue weighted by atomic mass is 16.4. The summed E-state index contributed by atoms with van der Waals surface area (Å²) in [6.07, 6.45) is 3.79. The van der Waals surface area contributed by atoms with Crippen LogP contribution in [0.3, 0.4) is 0 Å². The van der Waals surface area contributed by atoms with Crippen molar-refractivity contribution in [2.24, 2.45) is 0 Å². The number of aliphatic hydroxyl groups is 1. The van der Waals surface area contributed by atoms with Gasteiger partial charge in [-0.05, 0) is 25.0 Å². The van der Waals surface area contributed by atoms with Crippen LogP contribution in [-0.2, 0) is 0 Å². The number of anilines is 1. The summed E-state index contributed by atoms with van der Waals surface area (Å²) in [6.45, 7) is 0. The number of para-hydroxylation sites is 2. The second-order valence-electron chi connectivity index (χ2n) is 4.59. The standard InChI is InChI=1S/C13H16N2O2/c16-11-7-3-1-5-9(11)14-13-15-10-6-2-4-8-12(10)17-13/h2,4,6,8-9,11,16H,1,3,5,7H2,(H,14,15). The number of benzene rings is 1. The number of aliphatic hydroxyl groups excluding tert-OH is 1. The van der Waals surface area contributed by atoms with Gasteiger partial charge in [-0.1, -0.05) is 25.0 Å². The van der Waals surface area contributed by atoms with Crippen molar-refractivity contribution in [3.63, 3.8) is 0 Å². The number of nitrogens with zero attached hydrogens (tertiary/aromatic N) is 1. The van der Waals surface area contributed by atoms with E-state index in [4.69, 9.17) is 4.42 Å². The third-order valence-electron chi connectivity index (χ3n) is 3.33. The summed E-state index contributed by atoms with van der Waals surface area (Å²) < 4.78 is 5.59. The van der Waals surface area contributed by atoms with E-state index in [1.54, 1.807) is 0 Å². The lowest BCUT2D eigenvalue weighted by atomic mass is 9.93. The van der Waals surface area contributed by atoms with E-state index in [0.29, 0.717) is 6.01 Å². The van der Waals surface area contributed by atoms with Crippen LogP contribution in [0.1, 0.15) is 25.7 Å². The fourth-order valence-corrected chi connectivity index (χ4v) is 2.37. The first-order valence-electron chi connectivity index (χ1n) is 6.13. The van der Waals surface area contributed by atoms with Crippen LogP contribution in [0.2, 0.25) is 0 Å². The van der Waals surface area contributed by atoms with Crippen LogP contribution in [-0.4, -0.2) is 22.2 Å². The van der Waals surface area contributed by atoms with Crippen LogP contribution >= 0.6 is 0 Å². The molecule has 1 aliphatic rings. The summed E-state index contributed by atoms with van der Waals surface area (Å²) >= 11 is 0. The largest absolute Gasteiger partial charge is 0.424 e. The van der Waals surface area contributed by atoms with Crippen LogP contribution < -0.4 is 5.32 Å². The summed E-state index contributed by atoms with van der Waals surface area (Å²) in [5.41, 5.74) is 1.63. The van der Waals surface area contributed by atoms with E-state index >= 15 is 0 Å². The zero-order valence-corrected chi connectivity index (χ0v) is 9.60. The smallest absolute Gasteiger partial charge is 0.295 e. The van der Waals surface area contributed by atoms with Gasteiger partial charge in [0.25, 0.3) is 6.01 Å². The molecule has 1 aromatic heterocycles. The number of nitrogens with one attached hydrogen (secondary N) is 1. The Kier molecular flexibility index (Phi) is 2.73. The molecule has 0 amide bonds. The molecule has 2 N–H and O–H groups in total. The quantitative estimate of drug-likeness (QED) is 0.835. The Hall–Kier alpha value is -1.55. The second-order valence-corrected chi connectivity index (χ2v) is 4.59. The summed E-state index contributed by atoms with van der Waals surface area (Å²) in [5, 5.41) is 13.1. The lowest BCUT2D eigenvalue weighted by molar-refractivity contribution is 0.115. The minimum absolute atomic E-state index is 0.0665. The van der Waals surface area contributed by atoms with Crippen LogP contribution in [0.25, 0.3) is 11.1 Å². The number of oxazole rings is 1. The van der Waals surface area contributed by atoms with Gasteiger partial charge in [-0.15, -0.1) is 0 Å². The fourth-order valence-electron chi connectivity index (χ4n) is 2.37. The number of hydrogen-bond donors (Lipinski definition) is 2. The third kappa shape index (κ3) is 2.13. The molecule has 0 spiro atoms. The summed E-state index contributed by atoms with van der Waals surface area (Å²) in [7, 11) is 0. The van der Waals surface area contributed by atoms with E-state index in [-0.39, 0.29) is 12.1 Å². The number of rotatable bonds is 2. The molecule has 4 heteroatoms. The molecule has 90 valence electrons. The maximum atomic E-state index is 9.87. The molecule has 1 aliphatic carbocycles. The lowest BCUT2D eigenvalue weighted by Gasteiger charge is -2.27. The monoisotopic (exact) mass is 232 g/mol. The van der Waals surface area contributed by atoms with Crippen molar-refractivity contribution in [2.45, 2.75) is 37.8 Å². The topological polar surface area (TPSA) is 58.3 Å². The average molecular weight is 232 g/mol. The van der Waals surface area contributed by atoms with Crippen molar-refractivity contribution in [2.75, 3.05) is 5.32 Å². The van der Waals surface area contributed by atoms with Crippen LogP contribution in [0.5, 0.6) is 0 Å². The molecular formula is C13H16N2O2. The number of hydrogen-bond acceptors (Lipinski definition) is 4.